The molecule has 3 unspecified atom stereocenters. The van der Waals surface area contributed by atoms with Gasteiger partial charge in [-0.05, 0) is 106 Å². The summed E-state index contributed by atoms with van der Waals surface area (Å²) in [5, 5.41) is 50.4. The van der Waals surface area contributed by atoms with Gasteiger partial charge in [-0.25, -0.2) is 4.79 Å². The highest BCUT2D eigenvalue weighted by molar-refractivity contribution is 6.03. The second-order valence-corrected chi connectivity index (χ2v) is 21.2. The van der Waals surface area contributed by atoms with E-state index < -0.39 is 119 Å². The van der Waals surface area contributed by atoms with Crippen molar-refractivity contribution in [2.75, 3.05) is 34.9 Å². The van der Waals surface area contributed by atoms with Gasteiger partial charge in [-0.2, -0.15) is 0 Å². The summed E-state index contributed by atoms with van der Waals surface area (Å²) < 4.78 is 56.9. The molecule has 4 heterocycles. The van der Waals surface area contributed by atoms with Crippen molar-refractivity contribution in [3.05, 3.63) is 42.1 Å². The molecule has 3 aliphatic rings. The molecule has 1 aromatic heterocycles. The maximum Gasteiger partial charge on any atom is 0.338 e. The summed E-state index contributed by atoms with van der Waals surface area (Å²) >= 11 is 0. The number of cyclic esters (lactones) is 1. The number of rotatable bonds is 13. The van der Waals surface area contributed by atoms with Crippen molar-refractivity contribution in [2.24, 2.45) is 23.7 Å². The SMILES string of the molecule is CC[C@H]1OC(=O)[C@H](C)[C@@H](OC2C[C@@](C)(OC)[C@@H](OC(C)=O)[C@H](C)O2)[C@@H](C)[C@@H](O[C@@H]2O[C@H](C)C[C@H](N(C)C)[C@H]2O)[C@](C)(OC)C[C@@H](C)C(O)C(C)(O)[C@H](CCOC(=O)c2ccnc3ccccc23)[C@]1(C)O. The molecule has 3 aliphatic heterocycles. The van der Waals surface area contributed by atoms with Crippen molar-refractivity contribution in [1.29, 1.82) is 0 Å². The largest absolute Gasteiger partial charge is 0.462 e. The van der Waals surface area contributed by atoms with E-state index in [1.54, 1.807) is 65.8 Å². The van der Waals surface area contributed by atoms with E-state index in [0.717, 1.165) is 0 Å². The van der Waals surface area contributed by atoms with Crippen LogP contribution >= 0.6 is 0 Å². The van der Waals surface area contributed by atoms with Crippen molar-refractivity contribution in [1.82, 2.24) is 9.88 Å². The fourth-order valence-electron chi connectivity index (χ4n) is 11.5. The lowest BCUT2D eigenvalue weighted by molar-refractivity contribution is -0.321. The van der Waals surface area contributed by atoms with Crippen LogP contribution in [0.15, 0.2) is 36.5 Å². The summed E-state index contributed by atoms with van der Waals surface area (Å²) in [6.45, 7) is 18.0. The van der Waals surface area contributed by atoms with Crippen LogP contribution in [-0.2, 0) is 52.2 Å². The quantitative estimate of drug-likeness (QED) is 0.153. The number of carbonyl (C=O) groups excluding carboxylic acids is 3. The number of methoxy groups -OCH3 is 2. The molecule has 1 aromatic carbocycles. The number of aliphatic hydroxyl groups is 4. The molecule has 70 heavy (non-hydrogen) atoms. The number of carbonyl (C=O) groups is 3. The summed E-state index contributed by atoms with van der Waals surface area (Å²) in [6.07, 6.45) is -8.14. The highest BCUT2D eigenvalue weighted by atomic mass is 16.7. The predicted octanol–water partition coefficient (Wildman–Crippen LogP) is 4.97. The van der Waals surface area contributed by atoms with Crippen molar-refractivity contribution < 1.29 is 77.4 Å². The maximum atomic E-state index is 14.9. The lowest BCUT2D eigenvalue weighted by Gasteiger charge is -2.52. The van der Waals surface area contributed by atoms with Crippen LogP contribution in [-0.4, -0.2) is 173 Å². The number of pyridine rings is 1. The summed E-state index contributed by atoms with van der Waals surface area (Å²) in [6, 6.07) is 8.34. The Kier molecular flexibility index (Phi) is 19.1. The van der Waals surface area contributed by atoms with E-state index in [1.165, 1.54) is 41.2 Å². The number of benzene rings is 1. The molecule has 0 saturated carbocycles. The van der Waals surface area contributed by atoms with Gasteiger partial charge in [-0.15, -0.1) is 0 Å². The van der Waals surface area contributed by atoms with Gasteiger partial charge >= 0.3 is 17.9 Å². The molecule has 4 N–H and O–H groups in total. The first kappa shape index (κ1) is 57.5. The van der Waals surface area contributed by atoms with E-state index in [9.17, 15) is 34.8 Å². The van der Waals surface area contributed by atoms with Crippen LogP contribution in [0, 0.1) is 23.7 Å². The summed E-state index contributed by atoms with van der Waals surface area (Å²) in [7, 11) is 6.73. The topological polar surface area (TPSA) is 231 Å². The second kappa shape index (κ2) is 23.2. The monoisotopic (exact) mass is 991 g/mol. The second-order valence-electron chi connectivity index (χ2n) is 21.2. The normalized spacial score (nSPS) is 41.4. The van der Waals surface area contributed by atoms with Crippen LogP contribution in [0.4, 0.5) is 0 Å². The van der Waals surface area contributed by atoms with Gasteiger partial charge in [-0.3, -0.25) is 14.6 Å². The lowest BCUT2D eigenvalue weighted by atomic mass is 9.66. The number of aromatic nitrogens is 1. The first-order valence-electron chi connectivity index (χ1n) is 24.7. The number of nitrogens with zero attached hydrogens (tertiary/aromatic N) is 2. The van der Waals surface area contributed by atoms with Crippen LogP contribution in [0.1, 0.15) is 119 Å². The maximum absolute atomic E-state index is 14.9. The number of fused-ring (bicyclic) bond motifs is 1. The molecule has 0 amide bonds. The molecule has 3 fully saturated rings. The van der Waals surface area contributed by atoms with Gasteiger partial charge < -0.3 is 68.0 Å². The van der Waals surface area contributed by atoms with Crippen molar-refractivity contribution >= 4 is 28.8 Å². The Hall–Kier alpha value is -3.40. The molecule has 5 rings (SSSR count). The van der Waals surface area contributed by atoms with Crippen molar-refractivity contribution in [3.8, 4) is 0 Å². The van der Waals surface area contributed by atoms with Gasteiger partial charge in [-0.1, -0.05) is 39.0 Å². The number of esters is 3. The number of aliphatic hydroxyl groups excluding tert-OH is 2. The Morgan fingerprint density at radius 1 is 0.886 bits per heavy atom. The molecule has 18 nitrogen and oxygen atoms in total. The Morgan fingerprint density at radius 2 is 1.53 bits per heavy atom. The lowest BCUT2D eigenvalue weighted by Crippen LogP contribution is -2.64. The molecular weight excluding hydrogens is 909 g/mol. The van der Waals surface area contributed by atoms with Crippen LogP contribution in [0.2, 0.25) is 0 Å². The van der Waals surface area contributed by atoms with Crippen LogP contribution in [0.25, 0.3) is 10.9 Å². The van der Waals surface area contributed by atoms with E-state index in [4.69, 9.17) is 42.6 Å². The molecule has 396 valence electrons. The minimum absolute atomic E-state index is 0.0236. The summed E-state index contributed by atoms with van der Waals surface area (Å²) in [5.41, 5.74) is -5.72. The molecule has 19 atom stereocenters. The number of ether oxygens (including phenoxy) is 9. The van der Waals surface area contributed by atoms with Gasteiger partial charge in [0.25, 0.3) is 0 Å². The first-order chi connectivity index (χ1) is 32.7. The molecule has 0 radical (unpaired) electrons. The first-order valence-corrected chi connectivity index (χ1v) is 24.7. The van der Waals surface area contributed by atoms with Crippen LogP contribution < -0.4 is 0 Å². The third-order valence-corrected chi connectivity index (χ3v) is 15.6. The smallest absolute Gasteiger partial charge is 0.338 e. The molecule has 0 aliphatic carbocycles. The third kappa shape index (κ3) is 12.3. The Labute approximate surface area is 413 Å². The zero-order valence-electron chi connectivity index (χ0n) is 43.9. The Bertz CT molecular complexity index is 2070. The zero-order chi connectivity index (χ0) is 52.3. The molecule has 0 bridgehead atoms. The summed E-state index contributed by atoms with van der Waals surface area (Å²) in [4.78, 5) is 47.0. The van der Waals surface area contributed by atoms with Crippen molar-refractivity contribution in [3.63, 3.8) is 0 Å². The average Bonchev–Trinajstić information content (AvgIpc) is 3.30. The Balaban J connectivity index is 1.60. The zero-order valence-corrected chi connectivity index (χ0v) is 43.9. The highest BCUT2D eigenvalue weighted by Gasteiger charge is 2.57. The van der Waals surface area contributed by atoms with Gasteiger partial charge in [0.15, 0.2) is 18.7 Å². The average molecular weight is 991 g/mol. The van der Waals surface area contributed by atoms with Crippen molar-refractivity contribution in [2.45, 2.75) is 198 Å². The van der Waals surface area contributed by atoms with Crippen LogP contribution in [0.3, 0.4) is 0 Å². The van der Waals surface area contributed by atoms with Gasteiger partial charge in [0, 0.05) is 57.0 Å². The number of hydrogen-bond donors (Lipinski definition) is 4. The van der Waals surface area contributed by atoms with E-state index in [1.807, 2.05) is 38.9 Å². The fourth-order valence-corrected chi connectivity index (χ4v) is 11.5. The highest BCUT2D eigenvalue weighted by Crippen LogP contribution is 2.45. The number of likely N-dealkylation sites (N-methyl/N-ethyl adjacent to an activating group) is 1. The molecule has 18 heteroatoms. The van der Waals surface area contributed by atoms with Gasteiger partial charge in [0.1, 0.15) is 23.4 Å². The van der Waals surface area contributed by atoms with E-state index in [-0.39, 0.29) is 50.0 Å². The van der Waals surface area contributed by atoms with Gasteiger partial charge in [0.2, 0.25) is 0 Å². The molecule has 0 spiro atoms. The number of hydrogen-bond acceptors (Lipinski definition) is 18. The third-order valence-electron chi connectivity index (χ3n) is 15.6. The minimum Gasteiger partial charge on any atom is -0.462 e. The van der Waals surface area contributed by atoms with Gasteiger partial charge in [0.05, 0.1) is 65.3 Å². The fraction of sp³-hybridized carbons (Fsp3) is 0.769. The molecule has 2 aromatic rings. The minimum atomic E-state index is -2.11. The van der Waals surface area contributed by atoms with E-state index >= 15 is 0 Å². The standard InChI is InChI=1S/C52H82N2O16/c1-16-39-51(10,60)38(22-24-64-47(59)35-21-23-53-36-20-18-17-19-34(35)36)52(11,61)43(57)28(2)26-49(8,62-14)44(70-48-41(56)37(54(12)13)25-29(3)65-48)30(4)42(31(5)46(58)68-39)69-40-27-50(9,63-15)45(32(6)66-40)67-33(7)55/h17-21,23,28-32,37-45,48,56-57,60-61H,16,22,24-27H2,1-15H3/t28-,29-,30-,31-,32+,37+,38-,39-,40?,41-,42+,43?,44-,45+,48+,49-,50-,51+,52?/m1/s1. The molecule has 3 saturated heterocycles. The Morgan fingerprint density at radius 3 is 2.14 bits per heavy atom. The van der Waals surface area contributed by atoms with E-state index in [2.05, 4.69) is 4.98 Å². The predicted molar refractivity (Wildman–Crippen MR) is 257 cm³/mol. The van der Waals surface area contributed by atoms with Crippen LogP contribution in [0.5, 0.6) is 0 Å². The van der Waals surface area contributed by atoms with E-state index in [0.29, 0.717) is 17.3 Å². The summed E-state index contributed by atoms with van der Waals surface area (Å²) in [5.74, 6) is -5.92. The number of para-hydroxylation sites is 1. The molecular formula is C52H82N2O16.